The number of nitrogens with zero attached hydrogens (tertiary/aromatic N) is 2. The maximum absolute atomic E-state index is 13.2. The first-order valence-corrected chi connectivity index (χ1v) is 12.5. The largest absolute Gasteiger partial charge is 0.493 e. The molecule has 3 aromatic heterocycles. The molecule has 0 aliphatic rings. The highest BCUT2D eigenvalue weighted by Crippen LogP contribution is 2.36. The summed E-state index contributed by atoms with van der Waals surface area (Å²) in [7, 11) is 3.11. The summed E-state index contributed by atoms with van der Waals surface area (Å²) in [6, 6.07) is 12.8. The van der Waals surface area contributed by atoms with Gasteiger partial charge >= 0.3 is 5.97 Å². The number of ether oxygens (including phenoxy) is 3. The molecule has 36 heavy (non-hydrogen) atoms. The van der Waals surface area contributed by atoms with Crippen LogP contribution in [0.1, 0.15) is 31.8 Å². The van der Waals surface area contributed by atoms with Gasteiger partial charge in [0.2, 0.25) is 0 Å². The van der Waals surface area contributed by atoms with Crippen LogP contribution in [0.5, 0.6) is 11.5 Å². The van der Waals surface area contributed by atoms with Gasteiger partial charge in [0.25, 0.3) is 0 Å². The molecule has 0 spiro atoms. The van der Waals surface area contributed by atoms with Gasteiger partial charge in [-0.25, -0.2) is 4.79 Å². The minimum atomic E-state index is -0.686. The molecule has 7 nitrogen and oxygen atoms in total. The van der Waals surface area contributed by atoms with Gasteiger partial charge in [0.15, 0.2) is 11.5 Å². The highest BCUT2D eigenvalue weighted by atomic mass is 35.5. The molecule has 10 heteroatoms. The van der Waals surface area contributed by atoms with E-state index in [1.165, 1.54) is 23.7 Å². The van der Waals surface area contributed by atoms with Crippen LogP contribution in [-0.4, -0.2) is 30.2 Å². The van der Waals surface area contributed by atoms with Gasteiger partial charge in [0.1, 0.15) is 11.0 Å². The third kappa shape index (κ3) is 6.26. The van der Waals surface area contributed by atoms with Gasteiger partial charge in [-0.2, -0.15) is 0 Å². The number of benzene rings is 1. The van der Waals surface area contributed by atoms with Gasteiger partial charge in [-0.3, -0.25) is 9.97 Å². The molecule has 0 bridgehead atoms. The van der Waals surface area contributed by atoms with E-state index in [2.05, 4.69) is 15.3 Å². The summed E-state index contributed by atoms with van der Waals surface area (Å²) in [5.74, 6) is 0.631. The molecule has 3 heterocycles. The molecule has 186 valence electrons. The molecule has 1 aromatic carbocycles. The van der Waals surface area contributed by atoms with Gasteiger partial charge in [0.05, 0.1) is 30.0 Å². The summed E-state index contributed by atoms with van der Waals surface area (Å²) < 4.78 is 16.8. The second kappa shape index (κ2) is 12.1. The topological polar surface area (TPSA) is 82.6 Å². The molecule has 1 N–H and O–H groups in total. The minimum absolute atomic E-state index is 0.252. The van der Waals surface area contributed by atoms with Crippen LogP contribution in [0.25, 0.3) is 0 Å². The number of hydrogen-bond acceptors (Lipinski definition) is 8. The van der Waals surface area contributed by atoms with Crippen LogP contribution in [0.3, 0.4) is 0 Å². The Balaban J connectivity index is 1.56. The second-order valence-corrected chi connectivity index (χ2v) is 9.64. The van der Waals surface area contributed by atoms with Crippen molar-refractivity contribution in [1.82, 2.24) is 9.97 Å². The zero-order chi connectivity index (χ0) is 25.5. The molecule has 0 unspecified atom stereocenters. The zero-order valence-corrected chi connectivity index (χ0v) is 21.9. The summed E-state index contributed by atoms with van der Waals surface area (Å²) in [5, 5.41) is 4.07. The fraction of sp³-hybridized carbons (Fsp3) is 0.192. The molecular weight excluding hydrogens is 521 g/mol. The summed E-state index contributed by atoms with van der Waals surface area (Å²) in [4.78, 5) is 22.7. The molecule has 4 aromatic rings. The minimum Gasteiger partial charge on any atom is -0.493 e. The number of rotatable bonds is 10. The maximum Gasteiger partial charge on any atom is 0.348 e. The number of anilines is 1. The Hall–Kier alpha value is -3.33. The number of methoxy groups -OCH3 is 2. The predicted molar refractivity (Wildman–Crippen MR) is 142 cm³/mol. The van der Waals surface area contributed by atoms with Crippen molar-refractivity contribution in [2.24, 2.45) is 0 Å². The van der Waals surface area contributed by atoms with Crippen molar-refractivity contribution in [2.45, 2.75) is 19.1 Å². The van der Waals surface area contributed by atoms with Gasteiger partial charge in [0, 0.05) is 42.6 Å². The van der Waals surface area contributed by atoms with E-state index < -0.39 is 12.1 Å². The van der Waals surface area contributed by atoms with Gasteiger partial charge in [-0.05, 0) is 47.5 Å². The van der Waals surface area contributed by atoms with Crippen LogP contribution >= 0.6 is 34.5 Å². The Bertz CT molecular complexity index is 1310. The highest BCUT2D eigenvalue weighted by molar-refractivity contribution is 7.13. The summed E-state index contributed by atoms with van der Waals surface area (Å²) >= 11 is 14.1. The van der Waals surface area contributed by atoms with E-state index >= 15 is 0 Å². The number of hydrogen-bond donors (Lipinski definition) is 1. The molecule has 0 saturated carbocycles. The molecule has 0 fully saturated rings. The number of thiophene rings is 1. The van der Waals surface area contributed by atoms with Crippen molar-refractivity contribution in [3.63, 3.8) is 0 Å². The number of aromatic nitrogens is 2. The number of pyridine rings is 2. The lowest BCUT2D eigenvalue weighted by molar-refractivity contribution is 0.0303. The van der Waals surface area contributed by atoms with Crippen LogP contribution in [0.4, 0.5) is 5.69 Å². The van der Waals surface area contributed by atoms with Crippen molar-refractivity contribution in [1.29, 1.82) is 0 Å². The van der Waals surface area contributed by atoms with E-state index in [-0.39, 0.29) is 6.42 Å². The lowest BCUT2D eigenvalue weighted by Crippen LogP contribution is -2.14. The van der Waals surface area contributed by atoms with Crippen LogP contribution in [-0.2, 0) is 17.7 Å². The lowest BCUT2D eigenvalue weighted by atomic mass is 10.0. The average Bonchev–Trinajstić information content (AvgIpc) is 3.38. The van der Waals surface area contributed by atoms with E-state index in [0.717, 1.165) is 10.6 Å². The zero-order valence-electron chi connectivity index (χ0n) is 19.5. The smallest absolute Gasteiger partial charge is 0.348 e. The summed E-state index contributed by atoms with van der Waals surface area (Å²) in [6.07, 6.45) is 6.04. The van der Waals surface area contributed by atoms with E-state index in [9.17, 15) is 4.79 Å². The maximum atomic E-state index is 13.2. The normalized spacial score (nSPS) is 11.6. The molecule has 0 radical (unpaired) electrons. The third-order valence-corrected chi connectivity index (χ3v) is 7.08. The third-order valence-electron chi connectivity index (χ3n) is 5.36. The Morgan fingerprint density at radius 1 is 1.00 bits per heavy atom. The van der Waals surface area contributed by atoms with Crippen molar-refractivity contribution in [3.05, 3.63) is 98.2 Å². The molecular formula is C26H23Cl2N3O4S. The van der Waals surface area contributed by atoms with E-state index in [0.29, 0.717) is 44.1 Å². The molecule has 0 aliphatic carbocycles. The Morgan fingerprint density at radius 3 is 2.47 bits per heavy atom. The van der Waals surface area contributed by atoms with E-state index in [1.54, 1.807) is 44.8 Å². The number of nitrogens with one attached hydrogen (secondary N) is 1. The summed E-state index contributed by atoms with van der Waals surface area (Å²) in [5.41, 5.74) is 2.24. The predicted octanol–water partition coefficient (Wildman–Crippen LogP) is 6.62. The molecule has 4 rings (SSSR count). The van der Waals surface area contributed by atoms with Crippen LogP contribution in [0.15, 0.2) is 67.3 Å². The van der Waals surface area contributed by atoms with Crippen LogP contribution in [0.2, 0.25) is 10.0 Å². The first kappa shape index (κ1) is 25.8. The number of carbonyl (C=O) groups is 1. The highest BCUT2D eigenvalue weighted by Gasteiger charge is 2.24. The van der Waals surface area contributed by atoms with Gasteiger partial charge in [-0.1, -0.05) is 29.3 Å². The van der Waals surface area contributed by atoms with Crippen molar-refractivity contribution in [3.8, 4) is 11.5 Å². The van der Waals surface area contributed by atoms with Crippen molar-refractivity contribution in [2.75, 3.05) is 19.5 Å². The van der Waals surface area contributed by atoms with E-state index in [1.807, 2.05) is 24.3 Å². The van der Waals surface area contributed by atoms with Crippen LogP contribution < -0.4 is 14.8 Å². The Morgan fingerprint density at radius 2 is 1.78 bits per heavy atom. The average molecular weight is 544 g/mol. The van der Waals surface area contributed by atoms with Gasteiger partial charge < -0.3 is 19.5 Å². The number of esters is 1. The fourth-order valence-corrected chi connectivity index (χ4v) is 4.87. The second-order valence-electron chi connectivity index (χ2n) is 7.66. The number of halogens is 2. The molecule has 0 saturated heterocycles. The summed E-state index contributed by atoms with van der Waals surface area (Å²) in [6.45, 7) is 0.560. The quantitative estimate of drug-likeness (QED) is 0.225. The monoisotopic (exact) mass is 543 g/mol. The van der Waals surface area contributed by atoms with Crippen LogP contribution in [0, 0.1) is 0 Å². The first-order valence-electron chi connectivity index (χ1n) is 10.9. The van der Waals surface area contributed by atoms with Gasteiger partial charge in [-0.15, -0.1) is 11.3 Å². The SMILES string of the molecule is COc1ccc([C@H](Cc2c(Cl)cncc2Cl)OC(=O)c2ccc(CNc3cccnc3)s2)cc1OC. The molecule has 1 atom stereocenters. The van der Waals surface area contributed by atoms with E-state index in [4.69, 9.17) is 37.4 Å². The van der Waals surface area contributed by atoms with Crippen molar-refractivity contribution >= 4 is 46.2 Å². The molecule has 0 amide bonds. The Kier molecular flexibility index (Phi) is 8.64. The first-order chi connectivity index (χ1) is 17.5. The Labute approximate surface area is 223 Å². The fourth-order valence-electron chi connectivity index (χ4n) is 3.53. The standard InChI is InChI=1S/C26H23Cl2N3O4S/c1-33-22-7-5-16(10-24(22)34-2)23(11-19-20(27)14-30-15-21(19)28)35-26(32)25-8-6-18(36-25)13-31-17-4-3-9-29-12-17/h3-10,12,14-15,23,31H,11,13H2,1-2H3/t23-/m0/s1. The number of carbonyl (C=O) groups excluding carboxylic acids is 1. The lowest BCUT2D eigenvalue weighted by Gasteiger charge is -2.20. The molecule has 0 aliphatic heterocycles. The van der Waals surface area contributed by atoms with Crippen molar-refractivity contribution < 1.29 is 19.0 Å².